The Kier molecular flexibility index (Phi) is 5.57. The lowest BCUT2D eigenvalue weighted by Gasteiger charge is -2.11. The molecule has 0 saturated carbocycles. The van der Waals surface area contributed by atoms with Gasteiger partial charge in [0.1, 0.15) is 0 Å². The number of ether oxygens (including phenoxy) is 1. The minimum Gasteiger partial charge on any atom is -0.462 e. The quantitative estimate of drug-likeness (QED) is 0.396. The smallest absolute Gasteiger partial charge is 0.338 e. The van der Waals surface area contributed by atoms with Crippen molar-refractivity contribution >= 4 is 40.1 Å². The molecule has 0 fully saturated rings. The average Bonchev–Trinajstić information content (AvgIpc) is 2.62. The zero-order chi connectivity index (χ0) is 17.8. The highest BCUT2D eigenvalue weighted by Gasteiger charge is 2.16. The highest BCUT2D eigenvalue weighted by atomic mass is 35.5. The van der Waals surface area contributed by atoms with E-state index in [1.807, 2.05) is 25.1 Å². The van der Waals surface area contributed by atoms with E-state index in [-0.39, 0.29) is 5.97 Å². The fourth-order valence-corrected chi connectivity index (χ4v) is 2.88. The van der Waals surface area contributed by atoms with Crippen LogP contribution < -0.4 is 0 Å². The molecule has 0 atom stereocenters. The number of para-hydroxylation sites is 1. The fraction of sp³-hybridized carbons (Fsp3) is 0.200. The van der Waals surface area contributed by atoms with E-state index in [0.717, 1.165) is 18.4 Å². The number of hydrogen-bond donors (Lipinski definition) is 0. The third-order valence-electron chi connectivity index (χ3n) is 3.88. The first kappa shape index (κ1) is 17.7. The molecule has 0 N–H and O–H groups in total. The molecule has 0 aliphatic heterocycles. The third-order valence-corrected chi connectivity index (χ3v) is 4.44. The number of nitrogens with zero attached hydrogens (tertiary/aromatic N) is 1. The van der Waals surface area contributed by atoms with Gasteiger partial charge in [-0.2, -0.15) is 0 Å². The molecule has 25 heavy (non-hydrogen) atoms. The molecule has 3 nitrogen and oxygen atoms in total. The molecular weight excluding hydrogens is 357 g/mol. The van der Waals surface area contributed by atoms with Gasteiger partial charge < -0.3 is 4.74 Å². The number of esters is 1. The van der Waals surface area contributed by atoms with Crippen LogP contribution in [0.2, 0.25) is 10.0 Å². The number of rotatable bonds is 5. The van der Waals surface area contributed by atoms with Gasteiger partial charge in [0.25, 0.3) is 0 Å². The van der Waals surface area contributed by atoms with Crippen molar-refractivity contribution in [2.24, 2.45) is 0 Å². The molecular formula is C20H17Cl2NO2. The lowest BCUT2D eigenvalue weighted by molar-refractivity contribution is 0.0502. The van der Waals surface area contributed by atoms with E-state index in [9.17, 15) is 4.79 Å². The predicted molar refractivity (Wildman–Crippen MR) is 102 cm³/mol. The maximum atomic E-state index is 12.6. The zero-order valence-electron chi connectivity index (χ0n) is 13.8. The van der Waals surface area contributed by atoms with E-state index in [1.54, 1.807) is 30.3 Å². The number of halogens is 2. The van der Waals surface area contributed by atoms with E-state index in [4.69, 9.17) is 27.9 Å². The van der Waals surface area contributed by atoms with Crippen LogP contribution in [0, 0.1) is 0 Å². The lowest BCUT2D eigenvalue weighted by Crippen LogP contribution is -2.08. The van der Waals surface area contributed by atoms with Crippen molar-refractivity contribution in [1.29, 1.82) is 0 Å². The Morgan fingerprint density at radius 2 is 1.88 bits per heavy atom. The van der Waals surface area contributed by atoms with E-state index in [0.29, 0.717) is 38.8 Å². The Hall–Kier alpha value is -2.10. The van der Waals surface area contributed by atoms with Gasteiger partial charge in [-0.15, -0.1) is 0 Å². The molecule has 0 unspecified atom stereocenters. The van der Waals surface area contributed by atoms with Gasteiger partial charge in [0.05, 0.1) is 28.4 Å². The summed E-state index contributed by atoms with van der Waals surface area (Å²) in [5.74, 6) is -0.363. The molecule has 0 amide bonds. The van der Waals surface area contributed by atoms with Gasteiger partial charge in [-0.1, -0.05) is 60.8 Å². The third kappa shape index (κ3) is 3.94. The van der Waals surface area contributed by atoms with Crippen LogP contribution in [-0.4, -0.2) is 17.6 Å². The number of unbranched alkanes of at least 4 members (excludes halogenated alkanes) is 1. The van der Waals surface area contributed by atoms with Crippen LogP contribution in [0.3, 0.4) is 0 Å². The number of benzene rings is 2. The molecule has 0 bridgehead atoms. The van der Waals surface area contributed by atoms with Crippen LogP contribution in [0.4, 0.5) is 0 Å². The van der Waals surface area contributed by atoms with Crippen LogP contribution in [0.15, 0.2) is 48.5 Å². The van der Waals surface area contributed by atoms with Crippen LogP contribution in [0.1, 0.15) is 30.1 Å². The summed E-state index contributed by atoms with van der Waals surface area (Å²) in [6, 6.07) is 14.4. The first-order valence-electron chi connectivity index (χ1n) is 8.12. The number of pyridine rings is 1. The second kappa shape index (κ2) is 7.85. The number of aromatic nitrogens is 1. The fourth-order valence-electron chi connectivity index (χ4n) is 2.54. The number of hydrogen-bond acceptors (Lipinski definition) is 3. The topological polar surface area (TPSA) is 39.2 Å². The summed E-state index contributed by atoms with van der Waals surface area (Å²) in [5, 5.41) is 1.82. The Labute approximate surface area is 156 Å². The molecule has 3 rings (SSSR count). The first-order chi connectivity index (χ1) is 12.1. The Bertz CT molecular complexity index is 907. The summed E-state index contributed by atoms with van der Waals surface area (Å²) in [4.78, 5) is 17.2. The molecule has 128 valence electrons. The summed E-state index contributed by atoms with van der Waals surface area (Å²) in [6.45, 7) is 2.45. The SMILES string of the molecule is CCCCOC(=O)c1cc(-c2ccc(Cl)cc2)nc2c(Cl)cccc12. The largest absolute Gasteiger partial charge is 0.462 e. The molecule has 2 aromatic carbocycles. The average molecular weight is 374 g/mol. The van der Waals surface area contributed by atoms with Crippen molar-refractivity contribution in [3.63, 3.8) is 0 Å². The van der Waals surface area contributed by atoms with Gasteiger partial charge in [-0.25, -0.2) is 9.78 Å². The van der Waals surface area contributed by atoms with E-state index in [1.165, 1.54) is 0 Å². The maximum Gasteiger partial charge on any atom is 0.338 e. The number of carbonyl (C=O) groups is 1. The molecule has 0 aliphatic rings. The summed E-state index contributed by atoms with van der Waals surface area (Å²) in [5.41, 5.74) is 2.56. The molecule has 1 heterocycles. The van der Waals surface area contributed by atoms with Gasteiger partial charge in [0.15, 0.2) is 0 Å². The lowest BCUT2D eigenvalue weighted by atomic mass is 10.0. The monoisotopic (exact) mass is 373 g/mol. The molecule has 5 heteroatoms. The Morgan fingerprint density at radius 3 is 2.60 bits per heavy atom. The molecule has 3 aromatic rings. The number of fused-ring (bicyclic) bond motifs is 1. The van der Waals surface area contributed by atoms with Crippen molar-refractivity contribution in [3.05, 3.63) is 64.1 Å². The van der Waals surface area contributed by atoms with Crippen LogP contribution >= 0.6 is 23.2 Å². The van der Waals surface area contributed by atoms with E-state index in [2.05, 4.69) is 4.98 Å². The van der Waals surface area contributed by atoms with Gasteiger partial charge in [-0.05, 0) is 30.7 Å². The summed E-state index contributed by atoms with van der Waals surface area (Å²) in [7, 11) is 0. The molecule has 0 saturated heterocycles. The predicted octanol–water partition coefficient (Wildman–Crippen LogP) is 6.17. The second-order valence-corrected chi connectivity index (χ2v) is 6.53. The Morgan fingerprint density at radius 1 is 1.12 bits per heavy atom. The maximum absolute atomic E-state index is 12.6. The van der Waals surface area contributed by atoms with Crippen molar-refractivity contribution in [1.82, 2.24) is 4.98 Å². The molecule has 0 radical (unpaired) electrons. The number of carbonyl (C=O) groups excluding carboxylic acids is 1. The zero-order valence-corrected chi connectivity index (χ0v) is 15.3. The van der Waals surface area contributed by atoms with Gasteiger partial charge in [0, 0.05) is 16.0 Å². The summed E-state index contributed by atoms with van der Waals surface area (Å²) >= 11 is 12.3. The van der Waals surface area contributed by atoms with Gasteiger partial charge in [0.2, 0.25) is 0 Å². The highest BCUT2D eigenvalue weighted by molar-refractivity contribution is 6.35. The second-order valence-electron chi connectivity index (χ2n) is 5.69. The highest BCUT2D eigenvalue weighted by Crippen LogP contribution is 2.30. The molecule has 0 spiro atoms. The minimum absolute atomic E-state index is 0.363. The normalized spacial score (nSPS) is 10.8. The van der Waals surface area contributed by atoms with Crippen molar-refractivity contribution in [2.45, 2.75) is 19.8 Å². The standard InChI is InChI=1S/C20H17Cl2NO2/c1-2-3-11-25-20(24)16-12-18(13-7-9-14(21)10-8-13)23-19-15(16)5-4-6-17(19)22/h4-10,12H,2-3,11H2,1H3. The molecule has 1 aromatic heterocycles. The van der Waals surface area contributed by atoms with Crippen LogP contribution in [-0.2, 0) is 4.74 Å². The van der Waals surface area contributed by atoms with E-state index >= 15 is 0 Å². The minimum atomic E-state index is -0.363. The van der Waals surface area contributed by atoms with Crippen LogP contribution in [0.5, 0.6) is 0 Å². The van der Waals surface area contributed by atoms with Crippen LogP contribution in [0.25, 0.3) is 22.2 Å². The van der Waals surface area contributed by atoms with Crippen molar-refractivity contribution in [3.8, 4) is 11.3 Å². The van der Waals surface area contributed by atoms with Gasteiger partial charge >= 0.3 is 5.97 Å². The summed E-state index contributed by atoms with van der Waals surface area (Å²) in [6.07, 6.45) is 1.80. The van der Waals surface area contributed by atoms with Gasteiger partial charge in [-0.3, -0.25) is 0 Å². The van der Waals surface area contributed by atoms with Crippen molar-refractivity contribution in [2.75, 3.05) is 6.61 Å². The first-order valence-corrected chi connectivity index (χ1v) is 8.88. The molecule has 0 aliphatic carbocycles. The summed E-state index contributed by atoms with van der Waals surface area (Å²) < 4.78 is 5.40. The Balaban J connectivity index is 2.12. The van der Waals surface area contributed by atoms with Crippen molar-refractivity contribution < 1.29 is 9.53 Å². The van der Waals surface area contributed by atoms with E-state index < -0.39 is 0 Å².